The first kappa shape index (κ1) is 17.6. The summed E-state index contributed by atoms with van der Waals surface area (Å²) in [5.41, 5.74) is 2.37. The standard InChI is InChI=1S/C20H30O3Si/c1-20(2,3)24(4,5)23-15-10-11-16-17(14-8-6-7-9-14)13-19(21)22-18(16)12-15/h10-14,19,21H,6-9H2,1-5H3. The van der Waals surface area contributed by atoms with Crippen LogP contribution in [0.1, 0.15) is 52.0 Å². The maximum absolute atomic E-state index is 10.1. The largest absolute Gasteiger partial charge is 0.543 e. The smallest absolute Gasteiger partial charge is 0.250 e. The third-order valence-corrected chi connectivity index (χ3v) is 10.2. The molecule has 1 N–H and O–H groups in total. The van der Waals surface area contributed by atoms with E-state index in [1.165, 1.54) is 31.3 Å². The van der Waals surface area contributed by atoms with Crippen molar-refractivity contribution in [2.75, 3.05) is 0 Å². The summed E-state index contributed by atoms with van der Waals surface area (Å²) in [5, 5.41) is 10.3. The lowest BCUT2D eigenvalue weighted by molar-refractivity contribution is 0.0219. The number of benzene rings is 1. The summed E-state index contributed by atoms with van der Waals surface area (Å²) in [4.78, 5) is 0. The maximum atomic E-state index is 10.1. The van der Waals surface area contributed by atoms with Gasteiger partial charge in [-0.1, -0.05) is 33.6 Å². The van der Waals surface area contributed by atoms with Crippen LogP contribution in [-0.2, 0) is 0 Å². The molecule has 1 aromatic carbocycles. The molecule has 24 heavy (non-hydrogen) atoms. The van der Waals surface area contributed by atoms with E-state index in [2.05, 4.69) is 46.0 Å². The first-order valence-electron chi connectivity index (χ1n) is 9.07. The number of hydrogen-bond donors (Lipinski definition) is 1. The SMILES string of the molecule is CC(C)(C)[Si](C)(C)Oc1ccc2c(c1)OC(O)C=C2C1CCCC1. The van der Waals surface area contributed by atoms with Gasteiger partial charge in [0.2, 0.25) is 14.6 Å². The number of hydrogen-bond acceptors (Lipinski definition) is 3. The number of fused-ring (bicyclic) bond motifs is 1. The zero-order valence-electron chi connectivity index (χ0n) is 15.6. The molecule has 132 valence electrons. The quantitative estimate of drug-likeness (QED) is 0.749. The highest BCUT2D eigenvalue weighted by Crippen LogP contribution is 2.44. The van der Waals surface area contributed by atoms with E-state index in [1.807, 2.05) is 12.1 Å². The van der Waals surface area contributed by atoms with Gasteiger partial charge in [0.25, 0.3) is 0 Å². The molecule has 0 bridgehead atoms. The van der Waals surface area contributed by atoms with E-state index in [0.717, 1.165) is 17.1 Å². The third kappa shape index (κ3) is 3.40. The summed E-state index contributed by atoms with van der Waals surface area (Å²) < 4.78 is 12.1. The third-order valence-electron chi connectivity index (χ3n) is 5.81. The van der Waals surface area contributed by atoms with Crippen molar-refractivity contribution in [3.8, 4) is 11.5 Å². The predicted molar refractivity (Wildman–Crippen MR) is 101 cm³/mol. The summed E-state index contributed by atoms with van der Waals surface area (Å²) in [6.45, 7) is 11.2. The molecule has 1 atom stereocenters. The second kappa shape index (κ2) is 6.23. The molecule has 0 aromatic heterocycles. The monoisotopic (exact) mass is 346 g/mol. The first-order chi connectivity index (χ1) is 11.2. The minimum atomic E-state index is -1.88. The fourth-order valence-electron chi connectivity index (χ4n) is 3.35. The van der Waals surface area contributed by atoms with E-state index in [-0.39, 0.29) is 5.04 Å². The summed E-state index contributed by atoms with van der Waals surface area (Å²) in [7, 11) is -1.88. The van der Waals surface area contributed by atoms with Gasteiger partial charge in [-0.2, -0.15) is 0 Å². The van der Waals surface area contributed by atoms with E-state index >= 15 is 0 Å². The van der Waals surface area contributed by atoms with E-state index in [9.17, 15) is 5.11 Å². The van der Waals surface area contributed by atoms with Crippen LogP contribution in [0, 0.1) is 5.92 Å². The van der Waals surface area contributed by atoms with Gasteiger partial charge in [-0.25, -0.2) is 0 Å². The van der Waals surface area contributed by atoms with Crippen LogP contribution >= 0.6 is 0 Å². The molecule has 1 heterocycles. The topological polar surface area (TPSA) is 38.7 Å². The van der Waals surface area contributed by atoms with Gasteiger partial charge in [-0.3, -0.25) is 0 Å². The Kier molecular flexibility index (Phi) is 4.56. The number of aliphatic hydroxyl groups is 1. The number of aliphatic hydroxyl groups excluding tert-OH is 1. The molecular formula is C20H30O3Si. The van der Waals surface area contributed by atoms with Gasteiger partial charge < -0.3 is 14.3 Å². The van der Waals surface area contributed by atoms with Crippen molar-refractivity contribution < 1.29 is 14.3 Å². The highest BCUT2D eigenvalue weighted by Gasteiger charge is 2.39. The second-order valence-corrected chi connectivity index (χ2v) is 13.4. The van der Waals surface area contributed by atoms with Crippen LogP contribution in [0.3, 0.4) is 0 Å². The molecule has 3 rings (SSSR count). The molecule has 2 aliphatic rings. The zero-order chi connectivity index (χ0) is 17.5. The van der Waals surface area contributed by atoms with Crippen molar-refractivity contribution >= 4 is 13.9 Å². The number of rotatable bonds is 3. The Morgan fingerprint density at radius 2 is 1.83 bits per heavy atom. The molecule has 0 saturated heterocycles. The van der Waals surface area contributed by atoms with Crippen LogP contribution in [0.15, 0.2) is 24.3 Å². The van der Waals surface area contributed by atoms with Gasteiger partial charge in [0, 0.05) is 11.6 Å². The summed E-state index contributed by atoms with van der Waals surface area (Å²) in [6.07, 6.45) is 6.01. The first-order valence-corrected chi connectivity index (χ1v) is 12.0. The van der Waals surface area contributed by atoms with Crippen molar-refractivity contribution in [2.45, 2.75) is 70.9 Å². The van der Waals surface area contributed by atoms with Crippen molar-refractivity contribution in [1.29, 1.82) is 0 Å². The highest BCUT2D eigenvalue weighted by atomic mass is 28.4. The van der Waals surface area contributed by atoms with Crippen LogP contribution in [0.25, 0.3) is 5.57 Å². The van der Waals surface area contributed by atoms with Crippen molar-refractivity contribution in [3.63, 3.8) is 0 Å². The van der Waals surface area contributed by atoms with Gasteiger partial charge in [0.15, 0.2) is 0 Å². The van der Waals surface area contributed by atoms with E-state index in [1.54, 1.807) is 0 Å². The molecule has 3 nitrogen and oxygen atoms in total. The van der Waals surface area contributed by atoms with E-state index in [4.69, 9.17) is 9.16 Å². The molecule has 1 unspecified atom stereocenters. The summed E-state index contributed by atoms with van der Waals surface area (Å²) >= 11 is 0. The Balaban J connectivity index is 1.89. The molecule has 1 saturated carbocycles. The molecule has 0 amide bonds. The predicted octanol–water partition coefficient (Wildman–Crippen LogP) is 5.36. The Morgan fingerprint density at radius 3 is 2.46 bits per heavy atom. The molecule has 0 spiro atoms. The Morgan fingerprint density at radius 1 is 1.17 bits per heavy atom. The van der Waals surface area contributed by atoms with Gasteiger partial charge in [-0.05, 0) is 60.7 Å². The van der Waals surface area contributed by atoms with Gasteiger partial charge >= 0.3 is 0 Å². The zero-order valence-corrected chi connectivity index (χ0v) is 16.6. The van der Waals surface area contributed by atoms with Crippen LogP contribution in [0.2, 0.25) is 18.1 Å². The minimum Gasteiger partial charge on any atom is -0.543 e. The van der Waals surface area contributed by atoms with Gasteiger partial charge in [0.1, 0.15) is 11.5 Å². The van der Waals surface area contributed by atoms with Crippen LogP contribution < -0.4 is 9.16 Å². The fourth-order valence-corrected chi connectivity index (χ4v) is 4.37. The molecular weight excluding hydrogens is 316 g/mol. The van der Waals surface area contributed by atoms with Gasteiger partial charge in [0.05, 0.1) is 0 Å². The Hall–Kier alpha value is -1.26. The molecule has 1 aromatic rings. The average molecular weight is 347 g/mol. The van der Waals surface area contributed by atoms with Crippen molar-refractivity contribution in [3.05, 3.63) is 29.8 Å². The van der Waals surface area contributed by atoms with E-state index < -0.39 is 14.6 Å². The lowest BCUT2D eigenvalue weighted by atomic mass is 9.89. The van der Waals surface area contributed by atoms with Crippen molar-refractivity contribution in [2.24, 2.45) is 5.92 Å². The highest BCUT2D eigenvalue weighted by molar-refractivity contribution is 6.74. The van der Waals surface area contributed by atoms with E-state index in [0.29, 0.717) is 5.92 Å². The molecule has 4 heteroatoms. The molecule has 1 aliphatic carbocycles. The Labute approximate surface area is 146 Å². The maximum Gasteiger partial charge on any atom is 0.250 e. The summed E-state index contributed by atoms with van der Waals surface area (Å²) in [6, 6.07) is 6.12. The molecule has 0 radical (unpaired) electrons. The van der Waals surface area contributed by atoms with Crippen molar-refractivity contribution in [1.82, 2.24) is 0 Å². The van der Waals surface area contributed by atoms with Gasteiger partial charge in [-0.15, -0.1) is 0 Å². The van der Waals surface area contributed by atoms with Crippen LogP contribution in [0.4, 0.5) is 0 Å². The number of allylic oxidation sites excluding steroid dienone is 1. The minimum absolute atomic E-state index is 0.151. The fraction of sp³-hybridized carbons (Fsp3) is 0.600. The summed E-state index contributed by atoms with van der Waals surface area (Å²) in [5.74, 6) is 2.15. The van der Waals surface area contributed by atoms with Crippen LogP contribution in [0.5, 0.6) is 11.5 Å². The lowest BCUT2D eigenvalue weighted by Crippen LogP contribution is -2.43. The second-order valence-electron chi connectivity index (χ2n) is 8.63. The number of ether oxygens (including phenoxy) is 1. The Bertz CT molecular complexity index is 637. The molecule has 1 fully saturated rings. The average Bonchev–Trinajstić information content (AvgIpc) is 2.98. The lowest BCUT2D eigenvalue weighted by Gasteiger charge is -2.36. The van der Waals surface area contributed by atoms with Crippen LogP contribution in [-0.4, -0.2) is 19.7 Å². The molecule has 1 aliphatic heterocycles. The normalized spacial score (nSPS) is 21.9.